The monoisotopic (exact) mass is 174 g/mol. The summed E-state index contributed by atoms with van der Waals surface area (Å²) in [6, 6.07) is 0. The van der Waals surface area contributed by atoms with Gasteiger partial charge >= 0.3 is 0 Å². The molecule has 0 aromatic carbocycles. The molecule has 0 unspecified atom stereocenters. The molecular formula is C7H11Br. The Morgan fingerprint density at radius 2 is 1.88 bits per heavy atom. The van der Waals surface area contributed by atoms with E-state index in [1.807, 2.05) is 6.08 Å². The lowest BCUT2D eigenvalue weighted by atomic mass is 10.1. The predicted octanol–water partition coefficient (Wildman–Crippen LogP) is 2.88. The van der Waals surface area contributed by atoms with Crippen molar-refractivity contribution in [1.29, 1.82) is 0 Å². The molecular weight excluding hydrogens is 164 g/mol. The average Bonchev–Trinajstić information content (AvgIpc) is 2.17. The lowest BCUT2D eigenvalue weighted by molar-refractivity contribution is 0.765. The molecule has 0 atom stereocenters. The number of rotatable bonds is 1. The van der Waals surface area contributed by atoms with E-state index in [1.165, 1.54) is 25.7 Å². The van der Waals surface area contributed by atoms with Gasteiger partial charge in [-0.3, -0.25) is 0 Å². The molecule has 0 aliphatic heterocycles. The van der Waals surface area contributed by atoms with Crippen LogP contribution in [0.1, 0.15) is 25.7 Å². The summed E-state index contributed by atoms with van der Waals surface area (Å²) in [6.45, 7) is 3.77. The maximum Gasteiger partial charge on any atom is 0.0434 e. The third-order valence-corrected chi connectivity index (χ3v) is 2.92. The van der Waals surface area contributed by atoms with Crippen molar-refractivity contribution < 1.29 is 0 Å². The van der Waals surface area contributed by atoms with E-state index in [0.717, 1.165) is 0 Å². The van der Waals surface area contributed by atoms with Crippen LogP contribution in [-0.4, -0.2) is 4.32 Å². The lowest BCUT2D eigenvalue weighted by Gasteiger charge is -2.13. The summed E-state index contributed by atoms with van der Waals surface area (Å²) >= 11 is 3.63. The predicted molar refractivity (Wildman–Crippen MR) is 40.3 cm³/mol. The topological polar surface area (TPSA) is 0 Å². The van der Waals surface area contributed by atoms with E-state index in [0.29, 0.717) is 4.32 Å². The molecule has 0 N–H and O–H groups in total. The van der Waals surface area contributed by atoms with E-state index in [1.54, 1.807) is 0 Å². The molecule has 1 aliphatic rings. The molecule has 1 aliphatic carbocycles. The zero-order valence-electron chi connectivity index (χ0n) is 4.99. The van der Waals surface area contributed by atoms with Gasteiger partial charge in [0.25, 0.3) is 0 Å². The number of hydrogen-bond donors (Lipinski definition) is 0. The molecule has 0 bridgehead atoms. The highest BCUT2D eigenvalue weighted by Crippen LogP contribution is 2.37. The van der Waals surface area contributed by atoms with Crippen LogP contribution in [0.2, 0.25) is 0 Å². The van der Waals surface area contributed by atoms with Gasteiger partial charge in [0.05, 0.1) is 0 Å². The van der Waals surface area contributed by atoms with Gasteiger partial charge in [-0.1, -0.05) is 34.8 Å². The van der Waals surface area contributed by atoms with Crippen molar-refractivity contribution in [1.82, 2.24) is 0 Å². The van der Waals surface area contributed by atoms with Crippen molar-refractivity contribution in [3.8, 4) is 0 Å². The number of halogens is 1. The Morgan fingerprint density at radius 3 is 2.12 bits per heavy atom. The summed E-state index contributed by atoms with van der Waals surface area (Å²) in [5.74, 6) is 0. The van der Waals surface area contributed by atoms with Crippen LogP contribution in [0.3, 0.4) is 0 Å². The molecule has 0 aromatic rings. The molecule has 1 rings (SSSR count). The fourth-order valence-corrected chi connectivity index (χ4v) is 1.73. The van der Waals surface area contributed by atoms with E-state index in [9.17, 15) is 0 Å². The quantitative estimate of drug-likeness (QED) is 0.424. The Balaban J connectivity index is 2.52. The van der Waals surface area contributed by atoms with Gasteiger partial charge in [-0.2, -0.15) is 0 Å². The van der Waals surface area contributed by atoms with Crippen molar-refractivity contribution in [2.75, 3.05) is 0 Å². The van der Waals surface area contributed by atoms with Gasteiger partial charge in [-0.15, -0.1) is 6.58 Å². The summed E-state index contributed by atoms with van der Waals surface area (Å²) in [4.78, 5) is 0. The van der Waals surface area contributed by atoms with Gasteiger partial charge in [-0.05, 0) is 12.8 Å². The summed E-state index contributed by atoms with van der Waals surface area (Å²) in [6.07, 6.45) is 7.29. The summed E-state index contributed by atoms with van der Waals surface area (Å²) in [7, 11) is 0. The van der Waals surface area contributed by atoms with Crippen LogP contribution in [-0.2, 0) is 0 Å². The first kappa shape index (κ1) is 6.34. The molecule has 8 heavy (non-hydrogen) atoms. The Hall–Kier alpha value is 0.220. The SMILES string of the molecule is C=CC1(Br)CCCC1. The molecule has 0 nitrogen and oxygen atoms in total. The van der Waals surface area contributed by atoms with E-state index in [2.05, 4.69) is 22.5 Å². The van der Waals surface area contributed by atoms with Crippen LogP contribution in [0.4, 0.5) is 0 Å². The van der Waals surface area contributed by atoms with Gasteiger partial charge in [0, 0.05) is 4.32 Å². The average molecular weight is 175 g/mol. The zero-order chi connectivity index (χ0) is 6.04. The van der Waals surface area contributed by atoms with Crippen molar-refractivity contribution in [2.45, 2.75) is 30.0 Å². The van der Waals surface area contributed by atoms with Gasteiger partial charge in [-0.25, -0.2) is 0 Å². The second-order valence-corrected chi connectivity index (χ2v) is 4.03. The van der Waals surface area contributed by atoms with E-state index >= 15 is 0 Å². The molecule has 46 valence electrons. The largest absolute Gasteiger partial charge is 0.102 e. The Morgan fingerprint density at radius 1 is 1.38 bits per heavy atom. The van der Waals surface area contributed by atoms with Crippen LogP contribution in [0.5, 0.6) is 0 Å². The van der Waals surface area contributed by atoms with Crippen molar-refractivity contribution in [2.24, 2.45) is 0 Å². The Labute approximate surface area is 59.1 Å². The van der Waals surface area contributed by atoms with Crippen LogP contribution < -0.4 is 0 Å². The lowest BCUT2D eigenvalue weighted by Crippen LogP contribution is -2.08. The van der Waals surface area contributed by atoms with Crippen molar-refractivity contribution in [3.63, 3.8) is 0 Å². The minimum absolute atomic E-state index is 0.312. The first-order valence-electron chi connectivity index (χ1n) is 3.09. The number of alkyl halides is 1. The van der Waals surface area contributed by atoms with Crippen LogP contribution in [0, 0.1) is 0 Å². The molecule has 0 radical (unpaired) electrons. The molecule has 0 saturated heterocycles. The van der Waals surface area contributed by atoms with Gasteiger partial charge in [0.2, 0.25) is 0 Å². The van der Waals surface area contributed by atoms with Crippen LogP contribution >= 0.6 is 15.9 Å². The van der Waals surface area contributed by atoms with Crippen molar-refractivity contribution in [3.05, 3.63) is 12.7 Å². The van der Waals surface area contributed by atoms with Gasteiger partial charge in [0.1, 0.15) is 0 Å². The summed E-state index contributed by atoms with van der Waals surface area (Å²) in [5.41, 5.74) is 0. The summed E-state index contributed by atoms with van der Waals surface area (Å²) < 4.78 is 0.312. The Bertz CT molecular complexity index is 90.6. The van der Waals surface area contributed by atoms with E-state index in [-0.39, 0.29) is 0 Å². The van der Waals surface area contributed by atoms with Gasteiger partial charge in [0.15, 0.2) is 0 Å². The Kier molecular flexibility index (Phi) is 1.76. The maximum atomic E-state index is 3.77. The zero-order valence-corrected chi connectivity index (χ0v) is 6.58. The van der Waals surface area contributed by atoms with Crippen molar-refractivity contribution >= 4 is 15.9 Å². The minimum atomic E-state index is 0.312. The highest BCUT2D eigenvalue weighted by molar-refractivity contribution is 9.10. The van der Waals surface area contributed by atoms with Crippen LogP contribution in [0.15, 0.2) is 12.7 Å². The van der Waals surface area contributed by atoms with Gasteiger partial charge < -0.3 is 0 Å². The standard InChI is InChI=1S/C7H11Br/c1-2-7(8)5-3-4-6-7/h2H,1,3-6H2. The number of allylic oxidation sites excluding steroid dienone is 1. The fourth-order valence-electron chi connectivity index (χ4n) is 1.17. The fraction of sp³-hybridized carbons (Fsp3) is 0.714. The summed E-state index contributed by atoms with van der Waals surface area (Å²) in [5, 5.41) is 0. The third-order valence-electron chi connectivity index (χ3n) is 1.80. The molecule has 0 amide bonds. The smallest absolute Gasteiger partial charge is 0.0434 e. The maximum absolute atomic E-state index is 3.77. The molecule has 0 aromatic heterocycles. The second-order valence-electron chi connectivity index (χ2n) is 2.45. The first-order valence-corrected chi connectivity index (χ1v) is 3.89. The molecule has 1 heteroatoms. The highest BCUT2D eigenvalue weighted by atomic mass is 79.9. The molecule has 1 fully saturated rings. The second kappa shape index (κ2) is 2.22. The van der Waals surface area contributed by atoms with Crippen LogP contribution in [0.25, 0.3) is 0 Å². The van der Waals surface area contributed by atoms with E-state index < -0.39 is 0 Å². The molecule has 0 heterocycles. The number of hydrogen-bond acceptors (Lipinski definition) is 0. The van der Waals surface area contributed by atoms with E-state index in [4.69, 9.17) is 0 Å². The minimum Gasteiger partial charge on any atom is -0.102 e. The molecule has 1 saturated carbocycles. The molecule has 0 spiro atoms. The normalized spacial score (nSPS) is 25.6. The third kappa shape index (κ3) is 1.13. The first-order chi connectivity index (χ1) is 3.77. The highest BCUT2D eigenvalue weighted by Gasteiger charge is 2.26.